The number of anilines is 1. The Balaban J connectivity index is 2.36. The van der Waals surface area contributed by atoms with Gasteiger partial charge in [-0.1, -0.05) is 43.6 Å². The Morgan fingerprint density at radius 2 is 1.95 bits per heavy atom. The molecule has 0 unspecified atom stereocenters. The Hall–Kier alpha value is -2.00. The summed E-state index contributed by atoms with van der Waals surface area (Å²) in [5.41, 5.74) is 3.06. The minimum atomic E-state index is -0.347. The van der Waals surface area contributed by atoms with Crippen LogP contribution in [0, 0.1) is 6.92 Å². The molecule has 0 bridgehead atoms. The van der Waals surface area contributed by atoms with Gasteiger partial charge in [-0.25, -0.2) is 0 Å². The molecule has 0 fully saturated rings. The summed E-state index contributed by atoms with van der Waals surface area (Å²) in [4.78, 5) is 12.4. The van der Waals surface area contributed by atoms with Gasteiger partial charge in [0, 0.05) is 10.7 Å². The van der Waals surface area contributed by atoms with E-state index in [1.807, 2.05) is 25.1 Å². The second-order valence-corrected chi connectivity index (χ2v) is 5.75. The number of aryl methyl sites for hydroxylation is 1. The van der Waals surface area contributed by atoms with Gasteiger partial charge in [0.05, 0.1) is 5.56 Å². The highest BCUT2D eigenvalue weighted by Gasteiger charge is 2.16. The van der Waals surface area contributed by atoms with Crippen molar-refractivity contribution in [3.8, 4) is 5.75 Å². The van der Waals surface area contributed by atoms with Crippen LogP contribution in [0.3, 0.4) is 0 Å². The van der Waals surface area contributed by atoms with Crippen LogP contribution in [0.4, 0.5) is 5.69 Å². The molecular formula is C17H18ClNO2. The van der Waals surface area contributed by atoms with Crippen LogP contribution in [0.15, 0.2) is 36.4 Å². The molecule has 2 aromatic carbocycles. The van der Waals surface area contributed by atoms with Gasteiger partial charge >= 0.3 is 0 Å². The van der Waals surface area contributed by atoms with E-state index in [2.05, 4.69) is 19.2 Å². The van der Waals surface area contributed by atoms with Crippen LogP contribution in [-0.4, -0.2) is 11.0 Å². The largest absolute Gasteiger partial charge is 0.507 e. The topological polar surface area (TPSA) is 49.3 Å². The van der Waals surface area contributed by atoms with E-state index in [1.54, 1.807) is 6.07 Å². The lowest BCUT2D eigenvalue weighted by Gasteiger charge is -2.16. The third-order valence-electron chi connectivity index (χ3n) is 3.37. The van der Waals surface area contributed by atoms with E-state index in [4.69, 9.17) is 11.6 Å². The average molecular weight is 304 g/mol. The van der Waals surface area contributed by atoms with E-state index < -0.39 is 0 Å². The van der Waals surface area contributed by atoms with Crippen molar-refractivity contribution >= 4 is 23.2 Å². The molecule has 2 aromatic rings. The van der Waals surface area contributed by atoms with Gasteiger partial charge in [0.2, 0.25) is 0 Å². The summed E-state index contributed by atoms with van der Waals surface area (Å²) in [5, 5.41) is 13.1. The molecule has 21 heavy (non-hydrogen) atoms. The first-order valence-electron chi connectivity index (χ1n) is 6.79. The van der Waals surface area contributed by atoms with Gasteiger partial charge in [0.1, 0.15) is 5.75 Å². The summed E-state index contributed by atoms with van der Waals surface area (Å²) in [6.07, 6.45) is 0. The number of halogens is 1. The number of phenolic OH excluding ortho intramolecular Hbond substituents is 1. The molecule has 110 valence electrons. The van der Waals surface area contributed by atoms with Crippen LogP contribution in [0.1, 0.15) is 41.3 Å². The standard InChI is InChI=1S/C17H18ClNO2/c1-10(2)13-6-4-5-11(3)16(13)19-17(21)14-8-7-12(18)9-15(14)20/h4-10,20H,1-3H3,(H,19,21). The van der Waals surface area contributed by atoms with Crippen molar-refractivity contribution in [2.45, 2.75) is 26.7 Å². The molecule has 0 aliphatic heterocycles. The van der Waals surface area contributed by atoms with Crippen LogP contribution < -0.4 is 5.32 Å². The van der Waals surface area contributed by atoms with Crippen molar-refractivity contribution in [2.75, 3.05) is 5.32 Å². The van der Waals surface area contributed by atoms with Gasteiger partial charge in [-0.2, -0.15) is 0 Å². The fraction of sp³-hybridized carbons (Fsp3) is 0.235. The molecule has 0 aromatic heterocycles. The first kappa shape index (κ1) is 15.4. The van der Waals surface area contributed by atoms with Crippen LogP contribution in [0.5, 0.6) is 5.75 Å². The van der Waals surface area contributed by atoms with Crippen LogP contribution >= 0.6 is 11.6 Å². The van der Waals surface area contributed by atoms with E-state index in [0.717, 1.165) is 16.8 Å². The van der Waals surface area contributed by atoms with E-state index in [9.17, 15) is 9.90 Å². The molecule has 1 amide bonds. The number of phenols is 1. The van der Waals surface area contributed by atoms with Gasteiger partial charge < -0.3 is 10.4 Å². The number of benzene rings is 2. The van der Waals surface area contributed by atoms with Crippen LogP contribution in [0.2, 0.25) is 5.02 Å². The molecule has 0 heterocycles. The summed E-state index contributed by atoms with van der Waals surface area (Å²) >= 11 is 5.78. The van der Waals surface area contributed by atoms with Gasteiger partial charge in [0.25, 0.3) is 5.91 Å². The van der Waals surface area contributed by atoms with Crippen molar-refractivity contribution < 1.29 is 9.90 Å². The van der Waals surface area contributed by atoms with Crippen LogP contribution in [-0.2, 0) is 0 Å². The van der Waals surface area contributed by atoms with E-state index in [0.29, 0.717) is 10.9 Å². The lowest BCUT2D eigenvalue weighted by atomic mass is 9.98. The predicted molar refractivity (Wildman–Crippen MR) is 86.3 cm³/mol. The third-order valence-corrected chi connectivity index (χ3v) is 3.61. The SMILES string of the molecule is Cc1cccc(C(C)C)c1NC(=O)c1ccc(Cl)cc1O. The number of para-hydroxylation sites is 1. The molecule has 0 saturated heterocycles. The number of aromatic hydroxyl groups is 1. The maximum atomic E-state index is 12.4. The molecule has 0 aliphatic rings. The molecular weight excluding hydrogens is 286 g/mol. The Morgan fingerprint density at radius 3 is 2.57 bits per heavy atom. The molecule has 0 radical (unpaired) electrons. The van der Waals surface area contributed by atoms with Gasteiger partial charge in [-0.15, -0.1) is 0 Å². The number of rotatable bonds is 3. The smallest absolute Gasteiger partial charge is 0.259 e. The van der Waals surface area contributed by atoms with Crippen LogP contribution in [0.25, 0.3) is 0 Å². The minimum absolute atomic E-state index is 0.125. The monoisotopic (exact) mass is 303 g/mol. The summed E-state index contributed by atoms with van der Waals surface area (Å²) in [6.45, 7) is 6.09. The zero-order valence-electron chi connectivity index (χ0n) is 12.3. The third kappa shape index (κ3) is 3.37. The summed E-state index contributed by atoms with van der Waals surface area (Å²) in [6, 6.07) is 10.4. The van der Waals surface area contributed by atoms with E-state index in [1.165, 1.54) is 12.1 Å². The second kappa shape index (κ2) is 6.19. The molecule has 0 saturated carbocycles. The Bertz CT molecular complexity index is 680. The van der Waals surface area contributed by atoms with Crippen molar-refractivity contribution in [1.29, 1.82) is 0 Å². The maximum absolute atomic E-state index is 12.4. The normalized spacial score (nSPS) is 10.7. The van der Waals surface area contributed by atoms with E-state index in [-0.39, 0.29) is 17.2 Å². The highest BCUT2D eigenvalue weighted by atomic mass is 35.5. The van der Waals surface area contributed by atoms with Gasteiger partial charge in [0.15, 0.2) is 0 Å². The first-order chi connectivity index (χ1) is 9.90. The quantitative estimate of drug-likeness (QED) is 0.861. The Labute approximate surface area is 129 Å². The van der Waals surface area contributed by atoms with Crippen molar-refractivity contribution in [2.24, 2.45) is 0 Å². The van der Waals surface area contributed by atoms with Gasteiger partial charge in [-0.05, 0) is 42.2 Å². The maximum Gasteiger partial charge on any atom is 0.259 e. The molecule has 2 N–H and O–H groups in total. The zero-order valence-corrected chi connectivity index (χ0v) is 13.0. The van der Waals surface area contributed by atoms with E-state index >= 15 is 0 Å². The molecule has 0 spiro atoms. The second-order valence-electron chi connectivity index (χ2n) is 5.31. The number of hydrogen-bond acceptors (Lipinski definition) is 2. The molecule has 2 rings (SSSR count). The highest BCUT2D eigenvalue weighted by molar-refractivity contribution is 6.31. The predicted octanol–water partition coefficient (Wildman–Crippen LogP) is 4.73. The van der Waals surface area contributed by atoms with Crippen molar-refractivity contribution in [1.82, 2.24) is 0 Å². The number of nitrogens with one attached hydrogen (secondary N) is 1. The lowest BCUT2D eigenvalue weighted by molar-refractivity contribution is 0.102. The Morgan fingerprint density at radius 1 is 1.24 bits per heavy atom. The zero-order chi connectivity index (χ0) is 15.6. The van der Waals surface area contributed by atoms with Gasteiger partial charge in [-0.3, -0.25) is 4.79 Å². The van der Waals surface area contributed by atoms with Crippen molar-refractivity contribution in [3.63, 3.8) is 0 Å². The number of carbonyl (C=O) groups is 1. The summed E-state index contributed by atoms with van der Waals surface area (Å²) < 4.78 is 0. The average Bonchev–Trinajstić information content (AvgIpc) is 2.40. The fourth-order valence-electron chi connectivity index (χ4n) is 2.22. The fourth-order valence-corrected chi connectivity index (χ4v) is 2.39. The number of hydrogen-bond donors (Lipinski definition) is 2. The molecule has 4 heteroatoms. The Kier molecular flexibility index (Phi) is 4.53. The molecule has 0 atom stereocenters. The first-order valence-corrected chi connectivity index (χ1v) is 7.17. The number of carbonyl (C=O) groups excluding carboxylic acids is 1. The minimum Gasteiger partial charge on any atom is -0.507 e. The molecule has 3 nitrogen and oxygen atoms in total. The molecule has 0 aliphatic carbocycles. The highest BCUT2D eigenvalue weighted by Crippen LogP contribution is 2.29. The number of amides is 1. The lowest BCUT2D eigenvalue weighted by Crippen LogP contribution is -2.15. The van der Waals surface area contributed by atoms with Crippen molar-refractivity contribution in [3.05, 3.63) is 58.1 Å². The summed E-state index contributed by atoms with van der Waals surface area (Å²) in [7, 11) is 0. The summed E-state index contributed by atoms with van der Waals surface area (Å²) in [5.74, 6) is -0.181.